The third kappa shape index (κ3) is 7.20. The highest BCUT2D eigenvalue weighted by Gasteiger charge is 2.31. The van der Waals surface area contributed by atoms with Crippen molar-refractivity contribution in [3.8, 4) is 0 Å². The van der Waals surface area contributed by atoms with Gasteiger partial charge in [0.1, 0.15) is 0 Å². The monoisotopic (exact) mass is 404 g/mol. The number of nitrogens with one attached hydrogen (secondary N) is 1. The number of carboxylic acids is 1. The summed E-state index contributed by atoms with van der Waals surface area (Å²) < 4.78 is 49.4. The zero-order valence-corrected chi connectivity index (χ0v) is 15.6. The molecule has 10 heteroatoms. The van der Waals surface area contributed by atoms with Crippen molar-refractivity contribution in [3.63, 3.8) is 0 Å². The molecule has 0 aromatic heterocycles. The van der Waals surface area contributed by atoms with Gasteiger partial charge in [0.2, 0.25) is 5.91 Å². The van der Waals surface area contributed by atoms with E-state index in [0.717, 1.165) is 12.1 Å². The zero-order valence-electron chi connectivity index (χ0n) is 15.6. The van der Waals surface area contributed by atoms with E-state index in [-0.39, 0.29) is 11.3 Å². The lowest BCUT2D eigenvalue weighted by Gasteiger charge is -2.27. The van der Waals surface area contributed by atoms with E-state index in [4.69, 9.17) is 14.6 Å². The average molecular weight is 404 g/mol. The van der Waals surface area contributed by atoms with Crippen molar-refractivity contribution < 1.29 is 37.3 Å². The number of aliphatic carboxylic acids is 1. The quantitative estimate of drug-likeness (QED) is 0.552. The Labute approximate surface area is 160 Å². The normalized spacial score (nSPS) is 11.2. The van der Waals surface area contributed by atoms with Crippen molar-refractivity contribution >= 4 is 23.3 Å². The summed E-state index contributed by atoms with van der Waals surface area (Å²) in [7, 11) is 2.98. The van der Waals surface area contributed by atoms with Gasteiger partial charge in [-0.1, -0.05) is 6.58 Å². The van der Waals surface area contributed by atoms with Crippen LogP contribution >= 0.6 is 0 Å². The molecule has 1 rings (SSSR count). The van der Waals surface area contributed by atoms with Crippen LogP contribution in [-0.2, 0) is 25.2 Å². The summed E-state index contributed by atoms with van der Waals surface area (Å²) in [6, 6.07) is 2.97. The van der Waals surface area contributed by atoms with Crippen LogP contribution in [0.4, 0.5) is 24.5 Å². The predicted octanol–water partition coefficient (Wildman–Crippen LogP) is 2.77. The van der Waals surface area contributed by atoms with Crippen LogP contribution in [0.1, 0.15) is 12.0 Å². The van der Waals surface area contributed by atoms with Gasteiger partial charge in [-0.05, 0) is 18.2 Å². The standard InChI is InChI=1S/C18H23F3N2O5/c1-12(17(25)26)10-16(24)22-14-11-13(18(19,20)21)4-5-15(14)23(6-8-27-2)7-9-28-3/h4-5,11H,1,6-10H2,2-3H3,(H,22,24)(H,25,26). The lowest BCUT2D eigenvalue weighted by Crippen LogP contribution is -2.32. The Morgan fingerprint density at radius 2 is 1.75 bits per heavy atom. The van der Waals surface area contributed by atoms with Crippen LogP contribution in [0.25, 0.3) is 0 Å². The highest BCUT2D eigenvalue weighted by Crippen LogP contribution is 2.35. The van der Waals surface area contributed by atoms with Crippen molar-refractivity contribution in [2.24, 2.45) is 0 Å². The Bertz CT molecular complexity index is 699. The number of benzene rings is 1. The molecule has 7 nitrogen and oxygen atoms in total. The molecule has 28 heavy (non-hydrogen) atoms. The Morgan fingerprint density at radius 1 is 1.18 bits per heavy atom. The Balaban J connectivity index is 3.23. The number of methoxy groups -OCH3 is 2. The summed E-state index contributed by atoms with van der Waals surface area (Å²) in [5.41, 5.74) is -1.08. The van der Waals surface area contributed by atoms with Crippen LogP contribution < -0.4 is 10.2 Å². The van der Waals surface area contributed by atoms with Crippen LogP contribution in [-0.4, -0.2) is 57.5 Å². The maximum atomic E-state index is 13.1. The SMILES string of the molecule is C=C(CC(=O)Nc1cc(C(F)(F)F)ccc1N(CCOC)CCOC)C(=O)O. The number of rotatable bonds is 11. The number of amides is 1. The molecule has 0 aliphatic rings. The third-order valence-electron chi connectivity index (χ3n) is 3.75. The molecule has 2 N–H and O–H groups in total. The molecule has 0 radical (unpaired) electrons. The van der Waals surface area contributed by atoms with E-state index in [1.165, 1.54) is 20.3 Å². The number of hydrogen-bond donors (Lipinski definition) is 2. The largest absolute Gasteiger partial charge is 0.478 e. The molecule has 1 aromatic rings. The summed E-state index contributed by atoms with van der Waals surface area (Å²) in [6.45, 7) is 4.53. The fourth-order valence-corrected chi connectivity index (χ4v) is 2.31. The summed E-state index contributed by atoms with van der Waals surface area (Å²) in [6.07, 6.45) is -5.16. The molecule has 1 amide bonds. The Morgan fingerprint density at radius 3 is 2.21 bits per heavy atom. The predicted molar refractivity (Wildman–Crippen MR) is 97.4 cm³/mol. The fourth-order valence-electron chi connectivity index (χ4n) is 2.31. The minimum Gasteiger partial charge on any atom is -0.478 e. The van der Waals surface area contributed by atoms with Crippen molar-refractivity contribution in [2.75, 3.05) is 50.7 Å². The van der Waals surface area contributed by atoms with Gasteiger partial charge in [0.25, 0.3) is 0 Å². The van der Waals surface area contributed by atoms with Crippen LogP contribution in [0.2, 0.25) is 0 Å². The Hall–Kier alpha value is -2.59. The lowest BCUT2D eigenvalue weighted by molar-refractivity contribution is -0.137. The first-order valence-electron chi connectivity index (χ1n) is 8.25. The molecule has 1 aromatic carbocycles. The molecular formula is C18H23F3N2O5. The average Bonchev–Trinajstić information content (AvgIpc) is 2.61. The molecule has 0 atom stereocenters. The van der Waals surface area contributed by atoms with Gasteiger partial charge >= 0.3 is 12.1 Å². The smallest absolute Gasteiger partial charge is 0.416 e. The number of alkyl halides is 3. The van der Waals surface area contributed by atoms with Crippen LogP contribution in [0.5, 0.6) is 0 Å². The number of ether oxygens (including phenoxy) is 2. The van der Waals surface area contributed by atoms with Gasteiger partial charge in [0.05, 0.1) is 36.6 Å². The molecule has 0 spiro atoms. The molecule has 156 valence electrons. The van der Waals surface area contributed by atoms with Gasteiger partial charge in [-0.2, -0.15) is 13.2 Å². The molecule has 0 saturated carbocycles. The maximum absolute atomic E-state index is 13.1. The number of nitrogens with zero attached hydrogens (tertiary/aromatic N) is 1. The van der Waals surface area contributed by atoms with Gasteiger partial charge in [0, 0.05) is 32.9 Å². The van der Waals surface area contributed by atoms with Crippen molar-refractivity contribution in [1.29, 1.82) is 0 Å². The highest BCUT2D eigenvalue weighted by molar-refractivity contribution is 6.00. The number of carbonyl (C=O) groups excluding carboxylic acids is 1. The van der Waals surface area contributed by atoms with Gasteiger partial charge < -0.3 is 24.8 Å². The fraction of sp³-hybridized carbons (Fsp3) is 0.444. The molecule has 0 fully saturated rings. The van der Waals surface area contributed by atoms with Crippen molar-refractivity contribution in [2.45, 2.75) is 12.6 Å². The zero-order chi connectivity index (χ0) is 21.3. The first kappa shape index (κ1) is 23.4. The molecule has 0 aliphatic carbocycles. The van der Waals surface area contributed by atoms with Crippen molar-refractivity contribution in [3.05, 3.63) is 35.9 Å². The van der Waals surface area contributed by atoms with Gasteiger partial charge in [-0.3, -0.25) is 4.79 Å². The maximum Gasteiger partial charge on any atom is 0.416 e. The summed E-state index contributed by atoms with van der Waals surface area (Å²) in [5, 5.41) is 11.2. The highest BCUT2D eigenvalue weighted by atomic mass is 19.4. The van der Waals surface area contributed by atoms with E-state index in [9.17, 15) is 22.8 Å². The second kappa shape index (κ2) is 10.7. The number of anilines is 2. The molecule has 0 bridgehead atoms. The van der Waals surface area contributed by atoms with E-state index in [1.807, 2.05) is 0 Å². The molecule has 0 heterocycles. The number of carboxylic acid groups (broad SMARTS) is 1. The second-order valence-corrected chi connectivity index (χ2v) is 5.84. The topological polar surface area (TPSA) is 88.1 Å². The van der Waals surface area contributed by atoms with Gasteiger partial charge in [-0.25, -0.2) is 4.79 Å². The summed E-state index contributed by atoms with van der Waals surface area (Å²) >= 11 is 0. The first-order valence-corrected chi connectivity index (χ1v) is 8.25. The minimum atomic E-state index is -4.60. The van der Waals surface area contributed by atoms with Gasteiger partial charge in [0.15, 0.2) is 0 Å². The van der Waals surface area contributed by atoms with E-state index < -0.39 is 30.0 Å². The second-order valence-electron chi connectivity index (χ2n) is 5.84. The third-order valence-corrected chi connectivity index (χ3v) is 3.75. The Kier molecular flexibility index (Phi) is 8.93. The molecular weight excluding hydrogens is 381 g/mol. The van der Waals surface area contributed by atoms with E-state index in [1.54, 1.807) is 4.90 Å². The van der Waals surface area contributed by atoms with E-state index >= 15 is 0 Å². The number of carbonyl (C=O) groups is 2. The van der Waals surface area contributed by atoms with Crippen molar-refractivity contribution in [1.82, 2.24) is 0 Å². The summed E-state index contributed by atoms with van der Waals surface area (Å²) in [4.78, 5) is 24.6. The number of halogens is 3. The molecule has 0 aliphatic heterocycles. The first-order chi connectivity index (χ1) is 13.1. The van der Waals surface area contributed by atoms with E-state index in [0.29, 0.717) is 32.0 Å². The number of hydrogen-bond acceptors (Lipinski definition) is 5. The van der Waals surface area contributed by atoms with Gasteiger partial charge in [-0.15, -0.1) is 0 Å². The summed E-state index contributed by atoms with van der Waals surface area (Å²) in [5.74, 6) is -2.15. The van der Waals surface area contributed by atoms with E-state index in [2.05, 4.69) is 11.9 Å². The molecule has 0 unspecified atom stereocenters. The van der Waals surface area contributed by atoms with Crippen LogP contribution in [0, 0.1) is 0 Å². The lowest BCUT2D eigenvalue weighted by atomic mass is 10.1. The molecule has 0 saturated heterocycles. The minimum absolute atomic E-state index is 0.0924. The van der Waals surface area contributed by atoms with Crippen LogP contribution in [0.15, 0.2) is 30.4 Å². The van der Waals surface area contributed by atoms with Crippen LogP contribution in [0.3, 0.4) is 0 Å².